The molecular formula is C28H31N3O3. The van der Waals surface area contributed by atoms with Crippen LogP contribution in [0.5, 0.6) is 0 Å². The smallest absolute Gasteiger partial charge is 0.274 e. The summed E-state index contributed by atoms with van der Waals surface area (Å²) in [5.41, 5.74) is 9.07. The zero-order valence-corrected chi connectivity index (χ0v) is 19.8. The highest BCUT2D eigenvalue weighted by molar-refractivity contribution is 5.93. The lowest BCUT2D eigenvalue weighted by Crippen LogP contribution is -2.41. The predicted octanol–water partition coefficient (Wildman–Crippen LogP) is 4.90. The minimum Gasteiger partial charge on any atom is -0.378 e. The summed E-state index contributed by atoms with van der Waals surface area (Å²) in [5, 5.41) is 8.89. The van der Waals surface area contributed by atoms with Crippen molar-refractivity contribution in [1.29, 1.82) is 0 Å². The summed E-state index contributed by atoms with van der Waals surface area (Å²) in [5.74, 6) is 0.390. The van der Waals surface area contributed by atoms with Crippen LogP contribution in [0.1, 0.15) is 27.0 Å². The molecule has 1 heterocycles. The number of aryl methyl sites for hydroxylation is 2. The van der Waals surface area contributed by atoms with E-state index in [4.69, 9.17) is 9.94 Å². The lowest BCUT2D eigenvalue weighted by atomic mass is 9.95. The first kappa shape index (κ1) is 23.5. The normalized spacial score (nSPS) is 13.4. The number of ether oxygens (including phenoxy) is 1. The summed E-state index contributed by atoms with van der Waals surface area (Å²) < 4.78 is 5.54. The van der Waals surface area contributed by atoms with Gasteiger partial charge in [0.2, 0.25) is 0 Å². The van der Waals surface area contributed by atoms with Crippen LogP contribution in [0, 0.1) is 13.8 Å². The number of anilines is 1. The second-order valence-corrected chi connectivity index (χ2v) is 8.56. The second-order valence-electron chi connectivity index (χ2n) is 8.56. The third kappa shape index (κ3) is 5.14. The van der Waals surface area contributed by atoms with Gasteiger partial charge in [0.05, 0.1) is 13.2 Å². The van der Waals surface area contributed by atoms with E-state index in [0.717, 1.165) is 30.2 Å². The number of hydrogen-bond donors (Lipinski definition) is 2. The standard InChI is InChI=1S/C28H31N3O3/c1-20-6-4-7-21(2)27(20)25-8-5-9-26(18-25)31(22(3)30-14-16-34-17-15-30)19-23-10-12-24(13-11-23)28(32)29-33/h4-13,18,33H,3,14-17,19H2,1-2H3,(H,29,32). The average molecular weight is 458 g/mol. The topological polar surface area (TPSA) is 65.0 Å². The molecule has 0 atom stereocenters. The number of amides is 1. The van der Waals surface area contributed by atoms with E-state index in [1.165, 1.54) is 22.3 Å². The van der Waals surface area contributed by atoms with E-state index in [1.54, 1.807) is 17.6 Å². The average Bonchev–Trinajstić information content (AvgIpc) is 2.87. The Balaban J connectivity index is 1.69. The van der Waals surface area contributed by atoms with Crippen molar-refractivity contribution in [3.8, 4) is 11.1 Å². The van der Waals surface area contributed by atoms with Crippen molar-refractivity contribution in [3.05, 3.63) is 101 Å². The van der Waals surface area contributed by atoms with Gasteiger partial charge >= 0.3 is 0 Å². The summed E-state index contributed by atoms with van der Waals surface area (Å²) in [6.45, 7) is 12.3. The molecule has 0 saturated carbocycles. The molecule has 176 valence electrons. The molecule has 0 spiro atoms. The van der Waals surface area contributed by atoms with Gasteiger partial charge in [0, 0.05) is 30.9 Å². The van der Waals surface area contributed by atoms with E-state index in [0.29, 0.717) is 25.3 Å². The van der Waals surface area contributed by atoms with E-state index in [2.05, 4.69) is 72.7 Å². The molecule has 1 aliphatic rings. The van der Waals surface area contributed by atoms with Gasteiger partial charge in [-0.15, -0.1) is 0 Å². The highest BCUT2D eigenvalue weighted by Crippen LogP contribution is 2.32. The molecule has 1 amide bonds. The molecule has 0 bridgehead atoms. The molecule has 0 aromatic heterocycles. The quantitative estimate of drug-likeness (QED) is 0.390. The maximum atomic E-state index is 11.7. The van der Waals surface area contributed by atoms with E-state index < -0.39 is 5.91 Å². The Hall–Kier alpha value is -3.61. The molecule has 0 unspecified atom stereocenters. The van der Waals surface area contributed by atoms with Gasteiger partial charge in [-0.25, -0.2) is 5.48 Å². The van der Waals surface area contributed by atoms with E-state index in [1.807, 2.05) is 12.1 Å². The number of carbonyl (C=O) groups excluding carboxylic acids is 1. The van der Waals surface area contributed by atoms with Crippen molar-refractivity contribution >= 4 is 11.6 Å². The lowest BCUT2D eigenvalue weighted by Gasteiger charge is -2.37. The molecule has 3 aromatic rings. The fourth-order valence-electron chi connectivity index (χ4n) is 4.43. The van der Waals surface area contributed by atoms with Crippen molar-refractivity contribution in [2.75, 3.05) is 31.2 Å². The number of benzene rings is 3. The number of hydroxylamine groups is 1. The number of nitrogens with one attached hydrogen (secondary N) is 1. The van der Waals surface area contributed by atoms with Crippen molar-refractivity contribution in [2.24, 2.45) is 0 Å². The van der Waals surface area contributed by atoms with Gasteiger partial charge in [-0.1, -0.05) is 49.0 Å². The molecule has 0 aliphatic carbocycles. The van der Waals surface area contributed by atoms with E-state index >= 15 is 0 Å². The lowest BCUT2D eigenvalue weighted by molar-refractivity contribution is 0.0525. The Morgan fingerprint density at radius 1 is 1.03 bits per heavy atom. The van der Waals surface area contributed by atoms with Crippen LogP contribution >= 0.6 is 0 Å². The Labute approximate surface area is 201 Å². The minimum atomic E-state index is -0.526. The van der Waals surface area contributed by atoms with Gasteiger partial charge in [-0.3, -0.25) is 10.0 Å². The summed E-state index contributed by atoms with van der Waals surface area (Å²) >= 11 is 0. The van der Waals surface area contributed by atoms with Crippen LogP contribution in [0.25, 0.3) is 11.1 Å². The third-order valence-electron chi connectivity index (χ3n) is 6.27. The molecule has 6 nitrogen and oxygen atoms in total. The molecule has 6 heteroatoms. The van der Waals surface area contributed by atoms with Gasteiger partial charge in [0.15, 0.2) is 0 Å². The highest BCUT2D eigenvalue weighted by Gasteiger charge is 2.20. The Bertz CT molecular complexity index is 1150. The molecule has 3 aromatic carbocycles. The maximum absolute atomic E-state index is 11.7. The fraction of sp³-hybridized carbons (Fsp3) is 0.250. The van der Waals surface area contributed by atoms with Crippen LogP contribution in [0.4, 0.5) is 5.69 Å². The Morgan fingerprint density at radius 3 is 2.32 bits per heavy atom. The number of carbonyl (C=O) groups is 1. The second kappa shape index (κ2) is 10.5. The van der Waals surface area contributed by atoms with Gasteiger partial charge < -0.3 is 14.5 Å². The van der Waals surface area contributed by atoms with Crippen molar-refractivity contribution < 1.29 is 14.7 Å². The van der Waals surface area contributed by atoms with Crippen molar-refractivity contribution in [2.45, 2.75) is 20.4 Å². The molecule has 4 rings (SSSR count). The number of nitrogens with zero attached hydrogens (tertiary/aromatic N) is 2. The monoisotopic (exact) mass is 457 g/mol. The van der Waals surface area contributed by atoms with Crippen LogP contribution in [-0.4, -0.2) is 42.3 Å². The van der Waals surface area contributed by atoms with Crippen LogP contribution < -0.4 is 10.4 Å². The first-order chi connectivity index (χ1) is 16.5. The van der Waals surface area contributed by atoms with E-state index in [-0.39, 0.29) is 0 Å². The SMILES string of the molecule is C=C(N1CCOCC1)N(Cc1ccc(C(=O)NO)cc1)c1cccc(-c2c(C)cccc2C)c1. The number of rotatable bonds is 7. The predicted molar refractivity (Wildman–Crippen MR) is 135 cm³/mol. The van der Waals surface area contributed by atoms with Gasteiger partial charge in [0.25, 0.3) is 5.91 Å². The minimum absolute atomic E-state index is 0.404. The molecule has 2 N–H and O–H groups in total. The van der Waals surface area contributed by atoms with Crippen LogP contribution in [0.3, 0.4) is 0 Å². The maximum Gasteiger partial charge on any atom is 0.274 e. The summed E-state index contributed by atoms with van der Waals surface area (Å²) in [7, 11) is 0. The van der Waals surface area contributed by atoms with Gasteiger partial charge in [-0.2, -0.15) is 0 Å². The molecule has 1 aliphatic heterocycles. The molecule has 1 fully saturated rings. The van der Waals surface area contributed by atoms with Gasteiger partial charge in [-0.05, 0) is 65.9 Å². The van der Waals surface area contributed by atoms with Crippen LogP contribution in [-0.2, 0) is 11.3 Å². The first-order valence-corrected chi connectivity index (χ1v) is 11.5. The summed E-state index contributed by atoms with van der Waals surface area (Å²) in [6.07, 6.45) is 0. The van der Waals surface area contributed by atoms with Crippen LogP contribution in [0.15, 0.2) is 79.1 Å². The summed E-state index contributed by atoms with van der Waals surface area (Å²) in [4.78, 5) is 16.2. The largest absolute Gasteiger partial charge is 0.378 e. The van der Waals surface area contributed by atoms with Crippen molar-refractivity contribution in [1.82, 2.24) is 10.4 Å². The third-order valence-corrected chi connectivity index (χ3v) is 6.27. The zero-order chi connectivity index (χ0) is 24.1. The van der Waals surface area contributed by atoms with Crippen LogP contribution in [0.2, 0.25) is 0 Å². The zero-order valence-electron chi connectivity index (χ0n) is 19.8. The number of morpholine rings is 1. The summed E-state index contributed by atoms with van der Waals surface area (Å²) in [6, 6.07) is 22.2. The van der Waals surface area contributed by atoms with Crippen molar-refractivity contribution in [3.63, 3.8) is 0 Å². The fourth-order valence-corrected chi connectivity index (χ4v) is 4.43. The Morgan fingerprint density at radius 2 is 1.68 bits per heavy atom. The molecule has 0 radical (unpaired) electrons. The molecular weight excluding hydrogens is 426 g/mol. The first-order valence-electron chi connectivity index (χ1n) is 11.5. The molecule has 1 saturated heterocycles. The highest BCUT2D eigenvalue weighted by atomic mass is 16.5. The van der Waals surface area contributed by atoms with E-state index in [9.17, 15) is 4.79 Å². The molecule has 34 heavy (non-hydrogen) atoms. The van der Waals surface area contributed by atoms with Gasteiger partial charge in [0.1, 0.15) is 5.82 Å². The Kier molecular flexibility index (Phi) is 7.30. The number of hydrogen-bond acceptors (Lipinski definition) is 5.